The van der Waals surface area contributed by atoms with E-state index in [1.165, 1.54) is 0 Å². The van der Waals surface area contributed by atoms with Gasteiger partial charge in [-0.15, -0.1) is 0 Å². The van der Waals surface area contributed by atoms with Crippen molar-refractivity contribution >= 4 is 23.2 Å². The van der Waals surface area contributed by atoms with E-state index in [0.717, 1.165) is 22.4 Å². The average Bonchev–Trinajstić information content (AvgIpc) is 2.60. The summed E-state index contributed by atoms with van der Waals surface area (Å²) in [6.45, 7) is 3.86. The summed E-state index contributed by atoms with van der Waals surface area (Å²) in [4.78, 5) is 22.8. The molecular weight excluding hydrogens is 334 g/mol. The highest BCUT2D eigenvalue weighted by Crippen LogP contribution is 2.32. The first-order valence-electron chi connectivity index (χ1n) is 7.89. The summed E-state index contributed by atoms with van der Waals surface area (Å²) in [5, 5.41) is 0.307. The lowest BCUT2D eigenvalue weighted by atomic mass is 10.00. The van der Waals surface area contributed by atoms with E-state index >= 15 is 0 Å². The lowest BCUT2D eigenvalue weighted by molar-refractivity contribution is 0.0993. The van der Waals surface area contributed by atoms with Gasteiger partial charge in [0.2, 0.25) is 0 Å². The first-order chi connectivity index (χ1) is 12.0. The number of carbonyl (C=O) groups excluding carboxylic acids is 1. The maximum atomic E-state index is 12.9. The first-order valence-corrected chi connectivity index (χ1v) is 8.27. The summed E-state index contributed by atoms with van der Waals surface area (Å²) in [5.74, 6) is -0.157. The highest BCUT2D eigenvalue weighted by Gasteiger charge is 2.19. The molecule has 0 N–H and O–H groups in total. The number of nitrogens with zero attached hydrogens (tertiary/aromatic N) is 3. The molecule has 5 heteroatoms. The van der Waals surface area contributed by atoms with Gasteiger partial charge in [-0.2, -0.15) is 0 Å². The minimum atomic E-state index is -0.157. The molecule has 0 radical (unpaired) electrons. The van der Waals surface area contributed by atoms with Gasteiger partial charge in [0.05, 0.1) is 11.9 Å². The van der Waals surface area contributed by atoms with Gasteiger partial charge in [0.25, 0.3) is 5.91 Å². The average molecular weight is 352 g/mol. The number of amides is 1. The van der Waals surface area contributed by atoms with E-state index in [4.69, 9.17) is 11.6 Å². The fraction of sp³-hybridized carbons (Fsp3) is 0.150. The molecule has 126 valence electrons. The molecule has 0 saturated heterocycles. The van der Waals surface area contributed by atoms with E-state index in [-0.39, 0.29) is 5.91 Å². The predicted octanol–water partition coefficient (Wildman–Crippen LogP) is 4.69. The maximum Gasteiger partial charge on any atom is 0.258 e. The van der Waals surface area contributed by atoms with Crippen LogP contribution in [0.25, 0.3) is 11.1 Å². The zero-order valence-corrected chi connectivity index (χ0v) is 15.1. The normalized spacial score (nSPS) is 10.6. The third-order valence-corrected chi connectivity index (χ3v) is 4.26. The summed E-state index contributed by atoms with van der Waals surface area (Å²) in [7, 11) is 1.74. The number of benzene rings is 1. The Morgan fingerprint density at radius 2 is 1.84 bits per heavy atom. The van der Waals surface area contributed by atoms with E-state index in [0.29, 0.717) is 16.4 Å². The number of rotatable bonds is 3. The quantitative estimate of drug-likeness (QED) is 0.643. The molecule has 3 rings (SSSR count). The van der Waals surface area contributed by atoms with Gasteiger partial charge in [-0.3, -0.25) is 9.78 Å². The van der Waals surface area contributed by atoms with Crippen LogP contribution in [0.5, 0.6) is 0 Å². The number of aryl methyl sites for hydroxylation is 2. The third-order valence-electron chi connectivity index (χ3n) is 4.07. The Bertz CT molecular complexity index is 919. The fourth-order valence-electron chi connectivity index (χ4n) is 2.81. The van der Waals surface area contributed by atoms with Crippen LogP contribution in [0.2, 0.25) is 5.15 Å². The molecule has 0 atom stereocenters. The molecule has 0 aliphatic rings. The van der Waals surface area contributed by atoms with Crippen LogP contribution < -0.4 is 4.90 Å². The van der Waals surface area contributed by atoms with Gasteiger partial charge in [-0.1, -0.05) is 35.9 Å². The molecular formula is C20H18ClN3O. The van der Waals surface area contributed by atoms with Gasteiger partial charge in [0.15, 0.2) is 0 Å². The van der Waals surface area contributed by atoms with Crippen molar-refractivity contribution in [3.8, 4) is 11.1 Å². The third kappa shape index (κ3) is 3.54. The molecule has 25 heavy (non-hydrogen) atoms. The van der Waals surface area contributed by atoms with Crippen LogP contribution in [0.3, 0.4) is 0 Å². The van der Waals surface area contributed by atoms with E-state index in [1.54, 1.807) is 36.5 Å². The molecule has 0 fully saturated rings. The Morgan fingerprint density at radius 1 is 1.08 bits per heavy atom. The van der Waals surface area contributed by atoms with Crippen LogP contribution in [0.1, 0.15) is 21.6 Å². The Morgan fingerprint density at radius 3 is 2.56 bits per heavy atom. The van der Waals surface area contributed by atoms with Gasteiger partial charge >= 0.3 is 0 Å². The van der Waals surface area contributed by atoms with Gasteiger partial charge in [0, 0.05) is 30.1 Å². The van der Waals surface area contributed by atoms with Crippen LogP contribution in [0.15, 0.2) is 54.9 Å². The first kappa shape index (κ1) is 17.1. The molecule has 1 aromatic carbocycles. The van der Waals surface area contributed by atoms with Crippen molar-refractivity contribution in [2.24, 2.45) is 0 Å². The Balaban J connectivity index is 2.05. The molecule has 0 unspecified atom stereocenters. The number of hydrogen-bond donors (Lipinski definition) is 0. The van der Waals surface area contributed by atoms with Gasteiger partial charge in [0.1, 0.15) is 5.15 Å². The lowest BCUT2D eigenvalue weighted by Gasteiger charge is -2.21. The van der Waals surface area contributed by atoms with Crippen LogP contribution in [-0.4, -0.2) is 22.9 Å². The lowest BCUT2D eigenvalue weighted by Crippen LogP contribution is -2.27. The van der Waals surface area contributed by atoms with Crippen molar-refractivity contribution in [1.82, 2.24) is 9.97 Å². The molecule has 0 spiro atoms. The molecule has 2 heterocycles. The van der Waals surface area contributed by atoms with E-state index in [2.05, 4.69) is 9.97 Å². The van der Waals surface area contributed by atoms with Gasteiger partial charge in [-0.25, -0.2) is 4.98 Å². The standard InChI is InChI=1S/C20H18ClN3O/c1-13-6-4-5-7-16(13)17-8-9-22-12-18(17)24(3)20(25)15-10-14(2)23-19(21)11-15/h4-12H,1-3H3. The molecule has 0 aliphatic heterocycles. The van der Waals surface area contributed by atoms with E-state index in [1.807, 2.05) is 44.2 Å². The number of anilines is 1. The second kappa shape index (κ2) is 7.03. The maximum absolute atomic E-state index is 12.9. The zero-order chi connectivity index (χ0) is 18.0. The molecule has 0 aliphatic carbocycles. The molecule has 4 nitrogen and oxygen atoms in total. The van der Waals surface area contributed by atoms with Crippen LogP contribution >= 0.6 is 11.6 Å². The number of hydrogen-bond acceptors (Lipinski definition) is 3. The molecule has 0 bridgehead atoms. The Kier molecular flexibility index (Phi) is 4.81. The predicted molar refractivity (Wildman–Crippen MR) is 101 cm³/mol. The van der Waals surface area contributed by atoms with E-state index < -0.39 is 0 Å². The number of halogens is 1. The van der Waals surface area contributed by atoms with Gasteiger partial charge in [-0.05, 0) is 43.2 Å². The van der Waals surface area contributed by atoms with Crippen molar-refractivity contribution in [1.29, 1.82) is 0 Å². The van der Waals surface area contributed by atoms with E-state index in [9.17, 15) is 4.79 Å². The Labute approximate surface area is 152 Å². The topological polar surface area (TPSA) is 46.1 Å². The highest BCUT2D eigenvalue weighted by atomic mass is 35.5. The van der Waals surface area contributed by atoms with Crippen molar-refractivity contribution in [2.45, 2.75) is 13.8 Å². The van der Waals surface area contributed by atoms with Crippen LogP contribution in [-0.2, 0) is 0 Å². The molecule has 2 aromatic heterocycles. The summed E-state index contributed by atoms with van der Waals surface area (Å²) in [6.07, 6.45) is 3.44. The second-order valence-electron chi connectivity index (χ2n) is 5.89. The summed E-state index contributed by atoms with van der Waals surface area (Å²) in [6, 6.07) is 13.3. The number of carbonyl (C=O) groups is 1. The van der Waals surface area contributed by atoms with Crippen molar-refractivity contribution in [3.05, 3.63) is 76.8 Å². The minimum absolute atomic E-state index is 0.157. The minimum Gasteiger partial charge on any atom is -0.309 e. The second-order valence-corrected chi connectivity index (χ2v) is 6.28. The summed E-state index contributed by atoms with van der Waals surface area (Å²) < 4.78 is 0. The largest absolute Gasteiger partial charge is 0.309 e. The highest BCUT2D eigenvalue weighted by molar-refractivity contribution is 6.30. The number of aromatic nitrogens is 2. The van der Waals surface area contributed by atoms with Crippen LogP contribution in [0, 0.1) is 13.8 Å². The summed E-state index contributed by atoms with van der Waals surface area (Å²) in [5.41, 5.74) is 5.12. The number of pyridine rings is 2. The van der Waals surface area contributed by atoms with Crippen molar-refractivity contribution in [2.75, 3.05) is 11.9 Å². The summed E-state index contributed by atoms with van der Waals surface area (Å²) >= 11 is 6.00. The molecule has 3 aromatic rings. The SMILES string of the molecule is Cc1cc(C(=O)N(C)c2cnccc2-c2ccccc2C)cc(Cl)n1. The van der Waals surface area contributed by atoms with Crippen molar-refractivity contribution in [3.63, 3.8) is 0 Å². The molecule has 0 saturated carbocycles. The van der Waals surface area contributed by atoms with Crippen molar-refractivity contribution < 1.29 is 4.79 Å². The zero-order valence-electron chi connectivity index (χ0n) is 14.3. The van der Waals surface area contributed by atoms with Gasteiger partial charge < -0.3 is 4.90 Å². The monoisotopic (exact) mass is 351 g/mol. The van der Waals surface area contributed by atoms with Crippen LogP contribution in [0.4, 0.5) is 5.69 Å². The fourth-order valence-corrected chi connectivity index (χ4v) is 3.06. The molecule has 1 amide bonds. The Hall–Kier alpha value is -2.72. The smallest absolute Gasteiger partial charge is 0.258 e.